The van der Waals surface area contributed by atoms with Crippen LogP contribution >= 0.6 is 12.4 Å². The van der Waals surface area contributed by atoms with Gasteiger partial charge in [-0.2, -0.15) is 5.10 Å². The van der Waals surface area contributed by atoms with E-state index in [4.69, 9.17) is 5.73 Å². The van der Waals surface area contributed by atoms with Crippen molar-refractivity contribution in [1.29, 1.82) is 0 Å². The molecule has 1 aliphatic rings. The summed E-state index contributed by atoms with van der Waals surface area (Å²) in [5.41, 5.74) is 7.32. The molecule has 1 aliphatic heterocycles. The van der Waals surface area contributed by atoms with Crippen LogP contribution in [0.25, 0.3) is 0 Å². The van der Waals surface area contributed by atoms with Gasteiger partial charge in [-0.05, 0) is 38.6 Å². The number of nitrogens with zero attached hydrogens (tertiary/aromatic N) is 3. The molecule has 114 valence electrons. The number of hydrogen-bond donors (Lipinski definition) is 1. The standard InChI is InChI=1S/C14H24N4O.ClH/c1-3-13-12(10-17(2)16-13)14(19)18-9-5-4-6-11(18)7-8-15;/h10-11H,3-9,15H2,1-2H3;1H. The Hall–Kier alpha value is -1.07. The van der Waals surface area contributed by atoms with Crippen LogP contribution in [0.5, 0.6) is 0 Å². The van der Waals surface area contributed by atoms with E-state index in [1.807, 2.05) is 25.1 Å². The van der Waals surface area contributed by atoms with Gasteiger partial charge in [-0.15, -0.1) is 12.4 Å². The van der Waals surface area contributed by atoms with Crippen molar-refractivity contribution in [2.75, 3.05) is 13.1 Å². The number of carbonyl (C=O) groups excluding carboxylic acids is 1. The van der Waals surface area contributed by atoms with E-state index in [9.17, 15) is 4.79 Å². The molecule has 0 aliphatic carbocycles. The van der Waals surface area contributed by atoms with Crippen molar-refractivity contribution in [3.63, 3.8) is 0 Å². The first-order valence-corrected chi connectivity index (χ1v) is 7.21. The Morgan fingerprint density at radius 2 is 2.25 bits per heavy atom. The molecule has 2 N–H and O–H groups in total. The number of hydrogen-bond acceptors (Lipinski definition) is 3. The average Bonchev–Trinajstić information content (AvgIpc) is 2.80. The molecule has 5 nitrogen and oxygen atoms in total. The molecule has 1 atom stereocenters. The Morgan fingerprint density at radius 3 is 2.90 bits per heavy atom. The molecular formula is C14H25ClN4O. The molecule has 2 heterocycles. The number of likely N-dealkylation sites (tertiary alicyclic amines) is 1. The number of halogens is 1. The van der Waals surface area contributed by atoms with Gasteiger partial charge >= 0.3 is 0 Å². The lowest BCUT2D eigenvalue weighted by Gasteiger charge is -2.35. The second-order valence-electron chi connectivity index (χ2n) is 5.24. The third-order valence-electron chi connectivity index (χ3n) is 3.86. The highest BCUT2D eigenvalue weighted by Crippen LogP contribution is 2.22. The summed E-state index contributed by atoms with van der Waals surface area (Å²) in [5, 5.41) is 4.36. The van der Waals surface area contributed by atoms with Gasteiger partial charge in [0, 0.05) is 25.8 Å². The van der Waals surface area contributed by atoms with Crippen molar-refractivity contribution in [3.8, 4) is 0 Å². The largest absolute Gasteiger partial charge is 0.336 e. The molecule has 0 saturated carbocycles. The molecule has 1 fully saturated rings. The summed E-state index contributed by atoms with van der Waals surface area (Å²) >= 11 is 0. The highest BCUT2D eigenvalue weighted by Gasteiger charge is 2.28. The van der Waals surface area contributed by atoms with E-state index in [0.717, 1.165) is 43.5 Å². The number of aromatic nitrogens is 2. The van der Waals surface area contributed by atoms with Crippen molar-refractivity contribution in [2.45, 2.75) is 45.1 Å². The van der Waals surface area contributed by atoms with Crippen molar-refractivity contribution < 1.29 is 4.79 Å². The molecule has 2 rings (SSSR count). The Morgan fingerprint density at radius 1 is 1.50 bits per heavy atom. The molecule has 0 radical (unpaired) electrons. The van der Waals surface area contributed by atoms with E-state index in [1.165, 1.54) is 6.42 Å². The number of nitrogens with two attached hydrogens (primary N) is 1. The van der Waals surface area contributed by atoms with Crippen LogP contribution in [0.4, 0.5) is 0 Å². The third kappa shape index (κ3) is 3.52. The molecule has 0 aromatic carbocycles. The van der Waals surface area contributed by atoms with Crippen molar-refractivity contribution >= 4 is 18.3 Å². The predicted octanol–water partition coefficient (Wildman–Crippen LogP) is 1.75. The van der Waals surface area contributed by atoms with Crippen molar-refractivity contribution in [2.24, 2.45) is 12.8 Å². The van der Waals surface area contributed by atoms with Crippen LogP contribution < -0.4 is 5.73 Å². The number of rotatable bonds is 4. The first kappa shape index (κ1) is 17.0. The highest BCUT2D eigenvalue weighted by atomic mass is 35.5. The molecule has 1 aromatic heterocycles. The van der Waals surface area contributed by atoms with Crippen LogP contribution in [-0.2, 0) is 13.5 Å². The highest BCUT2D eigenvalue weighted by molar-refractivity contribution is 5.95. The third-order valence-corrected chi connectivity index (χ3v) is 3.86. The Kier molecular flexibility index (Phi) is 6.49. The van der Waals surface area contributed by atoms with Gasteiger partial charge in [0.2, 0.25) is 0 Å². The number of amides is 1. The first-order chi connectivity index (χ1) is 9.17. The van der Waals surface area contributed by atoms with Crippen molar-refractivity contribution in [3.05, 3.63) is 17.5 Å². The minimum Gasteiger partial charge on any atom is -0.336 e. The zero-order chi connectivity index (χ0) is 13.8. The molecule has 20 heavy (non-hydrogen) atoms. The fourth-order valence-electron chi connectivity index (χ4n) is 2.89. The SMILES string of the molecule is CCc1nn(C)cc1C(=O)N1CCCCC1CCN.Cl. The molecule has 1 saturated heterocycles. The quantitative estimate of drug-likeness (QED) is 0.921. The molecule has 0 bridgehead atoms. The minimum absolute atomic E-state index is 0. The summed E-state index contributed by atoms with van der Waals surface area (Å²) in [6, 6.07) is 0.302. The Labute approximate surface area is 126 Å². The van der Waals surface area contributed by atoms with Crippen LogP contribution in [0, 0.1) is 0 Å². The average molecular weight is 301 g/mol. The van der Waals surface area contributed by atoms with E-state index < -0.39 is 0 Å². The van der Waals surface area contributed by atoms with Crippen LogP contribution in [0.15, 0.2) is 6.20 Å². The van der Waals surface area contributed by atoms with E-state index in [-0.39, 0.29) is 18.3 Å². The van der Waals surface area contributed by atoms with E-state index in [1.54, 1.807) is 4.68 Å². The zero-order valence-corrected chi connectivity index (χ0v) is 13.2. The van der Waals surface area contributed by atoms with Crippen molar-refractivity contribution in [1.82, 2.24) is 14.7 Å². The maximum Gasteiger partial charge on any atom is 0.257 e. The monoisotopic (exact) mass is 300 g/mol. The smallest absolute Gasteiger partial charge is 0.257 e. The van der Waals surface area contributed by atoms with Gasteiger partial charge in [-0.1, -0.05) is 6.92 Å². The Bertz CT molecular complexity index is 444. The predicted molar refractivity (Wildman–Crippen MR) is 82.2 cm³/mol. The van der Waals surface area contributed by atoms with Gasteiger partial charge in [0.25, 0.3) is 5.91 Å². The molecule has 1 unspecified atom stereocenters. The maximum atomic E-state index is 12.7. The number of carbonyl (C=O) groups is 1. The lowest BCUT2D eigenvalue weighted by Crippen LogP contribution is -2.44. The van der Waals surface area contributed by atoms with Crippen LogP contribution in [0.2, 0.25) is 0 Å². The normalized spacial score (nSPS) is 18.8. The van der Waals surface area contributed by atoms with Gasteiger partial charge in [0.1, 0.15) is 0 Å². The fourth-order valence-corrected chi connectivity index (χ4v) is 2.89. The second-order valence-corrected chi connectivity index (χ2v) is 5.24. The summed E-state index contributed by atoms with van der Waals surface area (Å²) < 4.78 is 1.73. The topological polar surface area (TPSA) is 64.2 Å². The van der Waals surface area contributed by atoms with Gasteiger partial charge in [-0.3, -0.25) is 9.48 Å². The Balaban J connectivity index is 0.00000200. The molecule has 6 heteroatoms. The van der Waals surface area contributed by atoms with Gasteiger partial charge < -0.3 is 10.6 Å². The zero-order valence-electron chi connectivity index (χ0n) is 12.3. The van der Waals surface area contributed by atoms with E-state index in [2.05, 4.69) is 5.10 Å². The minimum atomic E-state index is 0. The molecule has 1 amide bonds. The summed E-state index contributed by atoms with van der Waals surface area (Å²) in [4.78, 5) is 14.7. The summed E-state index contributed by atoms with van der Waals surface area (Å²) in [6.45, 7) is 3.52. The first-order valence-electron chi connectivity index (χ1n) is 7.21. The maximum absolute atomic E-state index is 12.7. The van der Waals surface area contributed by atoms with E-state index in [0.29, 0.717) is 12.6 Å². The van der Waals surface area contributed by atoms with Gasteiger partial charge in [0.15, 0.2) is 0 Å². The van der Waals surface area contributed by atoms with Crippen LogP contribution in [-0.4, -0.2) is 39.7 Å². The fraction of sp³-hybridized carbons (Fsp3) is 0.714. The van der Waals surface area contributed by atoms with Crippen LogP contribution in [0.3, 0.4) is 0 Å². The summed E-state index contributed by atoms with van der Waals surface area (Å²) in [5.74, 6) is 0.128. The second kappa shape index (κ2) is 7.64. The molecular weight excluding hydrogens is 276 g/mol. The molecule has 0 spiro atoms. The van der Waals surface area contributed by atoms with Gasteiger partial charge in [0.05, 0.1) is 11.3 Å². The lowest BCUT2D eigenvalue weighted by atomic mass is 9.98. The summed E-state index contributed by atoms with van der Waals surface area (Å²) in [7, 11) is 1.86. The van der Waals surface area contributed by atoms with Gasteiger partial charge in [-0.25, -0.2) is 0 Å². The number of aryl methyl sites for hydroxylation is 2. The lowest BCUT2D eigenvalue weighted by molar-refractivity contribution is 0.0604. The van der Waals surface area contributed by atoms with E-state index >= 15 is 0 Å². The number of piperidine rings is 1. The summed E-state index contributed by atoms with van der Waals surface area (Å²) in [6.07, 6.45) is 6.89. The van der Waals surface area contributed by atoms with Crippen LogP contribution in [0.1, 0.15) is 48.7 Å². The molecule has 1 aromatic rings.